The van der Waals surface area contributed by atoms with E-state index >= 15 is 0 Å². The first-order valence-corrected chi connectivity index (χ1v) is 5.94. The van der Waals surface area contributed by atoms with Crippen LogP contribution >= 0.6 is 0 Å². The smallest absolute Gasteiger partial charge is 0.342 e. The molecule has 0 atom stereocenters. The number of nitrogens with zero attached hydrogens (tertiary/aromatic N) is 1. The van der Waals surface area contributed by atoms with E-state index < -0.39 is 10.9 Å². The lowest BCUT2D eigenvalue weighted by atomic mass is 9.99. The van der Waals surface area contributed by atoms with Crippen LogP contribution in [0.2, 0.25) is 0 Å². The standard InChI is InChI=1S/C13H18N2O5/c1-13(2,3)7-20-12(16)8-5-9(14)10(15(17)18)6-11(8)19-4/h5-6H,7,14H2,1-4H3. The second kappa shape index (κ2) is 5.77. The van der Waals surface area contributed by atoms with E-state index in [1.807, 2.05) is 20.8 Å². The molecule has 0 radical (unpaired) electrons. The molecule has 0 bridgehead atoms. The fourth-order valence-electron chi connectivity index (χ4n) is 1.43. The largest absolute Gasteiger partial charge is 0.496 e. The summed E-state index contributed by atoms with van der Waals surface area (Å²) >= 11 is 0. The van der Waals surface area contributed by atoms with Gasteiger partial charge >= 0.3 is 5.97 Å². The number of benzene rings is 1. The highest BCUT2D eigenvalue weighted by Gasteiger charge is 2.23. The molecule has 20 heavy (non-hydrogen) atoms. The predicted octanol–water partition coefficient (Wildman–Crippen LogP) is 2.39. The fraction of sp³-hybridized carbons (Fsp3) is 0.462. The Morgan fingerprint density at radius 3 is 2.45 bits per heavy atom. The van der Waals surface area contributed by atoms with Gasteiger partial charge in [-0.25, -0.2) is 4.79 Å². The van der Waals surface area contributed by atoms with Crippen LogP contribution in [0.15, 0.2) is 12.1 Å². The van der Waals surface area contributed by atoms with Crippen LogP contribution in [0.1, 0.15) is 31.1 Å². The summed E-state index contributed by atoms with van der Waals surface area (Å²) in [5, 5.41) is 10.8. The number of carbonyl (C=O) groups is 1. The summed E-state index contributed by atoms with van der Waals surface area (Å²) in [7, 11) is 1.32. The van der Waals surface area contributed by atoms with Gasteiger partial charge in [0, 0.05) is 0 Å². The molecule has 0 spiro atoms. The summed E-state index contributed by atoms with van der Waals surface area (Å²) in [5.41, 5.74) is 5.02. The van der Waals surface area contributed by atoms with E-state index in [-0.39, 0.29) is 34.7 Å². The van der Waals surface area contributed by atoms with Gasteiger partial charge < -0.3 is 15.2 Å². The van der Waals surface area contributed by atoms with Crippen molar-refractivity contribution in [3.8, 4) is 5.75 Å². The summed E-state index contributed by atoms with van der Waals surface area (Å²) in [6, 6.07) is 2.31. The number of carbonyl (C=O) groups excluding carboxylic acids is 1. The lowest BCUT2D eigenvalue weighted by molar-refractivity contribution is -0.384. The maximum absolute atomic E-state index is 12.0. The van der Waals surface area contributed by atoms with Crippen molar-refractivity contribution >= 4 is 17.3 Å². The van der Waals surface area contributed by atoms with Crippen LogP contribution in [0.5, 0.6) is 5.75 Å². The van der Waals surface area contributed by atoms with Crippen molar-refractivity contribution in [2.45, 2.75) is 20.8 Å². The molecule has 110 valence electrons. The van der Waals surface area contributed by atoms with Crippen LogP contribution < -0.4 is 10.5 Å². The zero-order valence-electron chi connectivity index (χ0n) is 11.9. The third-order valence-corrected chi connectivity index (χ3v) is 2.40. The van der Waals surface area contributed by atoms with E-state index in [1.165, 1.54) is 13.2 Å². The van der Waals surface area contributed by atoms with Crippen molar-refractivity contribution in [3.05, 3.63) is 27.8 Å². The molecule has 0 aliphatic rings. The molecular weight excluding hydrogens is 264 g/mol. The van der Waals surface area contributed by atoms with Crippen molar-refractivity contribution < 1.29 is 19.2 Å². The molecule has 0 saturated heterocycles. The summed E-state index contributed by atoms with van der Waals surface area (Å²) in [4.78, 5) is 22.1. The molecular formula is C13H18N2O5. The molecule has 0 aliphatic carbocycles. The van der Waals surface area contributed by atoms with Crippen LogP contribution in [0.4, 0.5) is 11.4 Å². The van der Waals surface area contributed by atoms with Crippen LogP contribution in [0.25, 0.3) is 0 Å². The number of nitro benzene ring substituents is 1. The van der Waals surface area contributed by atoms with Crippen LogP contribution in [0, 0.1) is 15.5 Å². The van der Waals surface area contributed by atoms with Gasteiger partial charge in [0.15, 0.2) is 0 Å². The van der Waals surface area contributed by atoms with Gasteiger partial charge in [-0.05, 0) is 11.5 Å². The van der Waals surface area contributed by atoms with Gasteiger partial charge in [0.2, 0.25) is 0 Å². The highest BCUT2D eigenvalue weighted by molar-refractivity contribution is 5.94. The number of rotatable bonds is 4. The Hall–Kier alpha value is -2.31. The van der Waals surface area contributed by atoms with Crippen LogP contribution in [-0.4, -0.2) is 24.6 Å². The maximum Gasteiger partial charge on any atom is 0.342 e. The first kappa shape index (κ1) is 15.7. The first-order chi connectivity index (χ1) is 9.15. The average molecular weight is 282 g/mol. The first-order valence-electron chi connectivity index (χ1n) is 5.94. The Morgan fingerprint density at radius 2 is 2.00 bits per heavy atom. The number of hydrogen-bond donors (Lipinski definition) is 1. The average Bonchev–Trinajstić information content (AvgIpc) is 2.34. The number of hydrogen-bond acceptors (Lipinski definition) is 6. The predicted molar refractivity (Wildman–Crippen MR) is 73.8 cm³/mol. The molecule has 0 heterocycles. The molecule has 1 aromatic carbocycles. The number of anilines is 1. The van der Waals surface area contributed by atoms with E-state index in [2.05, 4.69) is 0 Å². The van der Waals surface area contributed by atoms with Gasteiger partial charge in [0.1, 0.15) is 17.0 Å². The normalized spacial score (nSPS) is 11.0. The molecule has 7 heteroatoms. The minimum absolute atomic E-state index is 0.0600. The number of methoxy groups -OCH3 is 1. The second-order valence-corrected chi connectivity index (χ2v) is 5.51. The molecule has 0 saturated carbocycles. The molecule has 0 fully saturated rings. The van der Waals surface area contributed by atoms with Crippen molar-refractivity contribution in [1.29, 1.82) is 0 Å². The van der Waals surface area contributed by atoms with E-state index in [9.17, 15) is 14.9 Å². The summed E-state index contributed by atoms with van der Waals surface area (Å²) in [6.45, 7) is 5.97. The Balaban J connectivity index is 3.09. The number of nitro groups is 1. The number of nitrogen functional groups attached to an aromatic ring is 1. The van der Waals surface area contributed by atoms with Gasteiger partial charge in [-0.1, -0.05) is 20.8 Å². The van der Waals surface area contributed by atoms with Crippen molar-refractivity contribution in [2.24, 2.45) is 5.41 Å². The van der Waals surface area contributed by atoms with E-state index in [0.717, 1.165) is 6.07 Å². The highest BCUT2D eigenvalue weighted by atomic mass is 16.6. The van der Waals surface area contributed by atoms with E-state index in [4.69, 9.17) is 15.2 Å². The van der Waals surface area contributed by atoms with Crippen molar-refractivity contribution in [2.75, 3.05) is 19.5 Å². The van der Waals surface area contributed by atoms with Gasteiger partial charge in [0.05, 0.1) is 24.7 Å². The molecule has 2 N–H and O–H groups in total. The van der Waals surface area contributed by atoms with Crippen molar-refractivity contribution in [1.82, 2.24) is 0 Å². The third kappa shape index (κ3) is 3.84. The zero-order valence-corrected chi connectivity index (χ0v) is 11.9. The van der Waals surface area contributed by atoms with E-state index in [0.29, 0.717) is 0 Å². The topological polar surface area (TPSA) is 105 Å². The minimum Gasteiger partial charge on any atom is -0.496 e. The molecule has 0 aromatic heterocycles. The highest BCUT2D eigenvalue weighted by Crippen LogP contribution is 2.31. The summed E-state index contributed by atoms with van der Waals surface area (Å²) in [5.74, 6) is -0.566. The maximum atomic E-state index is 12.0. The molecule has 7 nitrogen and oxygen atoms in total. The Morgan fingerprint density at radius 1 is 1.40 bits per heavy atom. The lowest BCUT2D eigenvalue weighted by Crippen LogP contribution is -2.19. The Kier molecular flexibility index (Phi) is 4.54. The number of esters is 1. The number of nitrogens with two attached hydrogens (primary N) is 1. The SMILES string of the molecule is COc1cc([N+](=O)[O-])c(N)cc1C(=O)OCC(C)(C)C. The summed E-state index contributed by atoms with van der Waals surface area (Å²) in [6.07, 6.45) is 0. The van der Waals surface area contributed by atoms with Crippen LogP contribution in [-0.2, 0) is 4.74 Å². The van der Waals surface area contributed by atoms with Crippen molar-refractivity contribution in [3.63, 3.8) is 0 Å². The molecule has 0 aliphatic heterocycles. The summed E-state index contributed by atoms with van der Waals surface area (Å²) < 4.78 is 10.1. The Bertz CT molecular complexity index is 534. The second-order valence-electron chi connectivity index (χ2n) is 5.51. The molecule has 0 unspecified atom stereocenters. The van der Waals surface area contributed by atoms with Gasteiger partial charge in [-0.2, -0.15) is 0 Å². The fourth-order valence-corrected chi connectivity index (χ4v) is 1.43. The molecule has 0 amide bonds. The van der Waals surface area contributed by atoms with Gasteiger partial charge in [-0.3, -0.25) is 10.1 Å². The molecule has 1 rings (SSSR count). The monoisotopic (exact) mass is 282 g/mol. The number of ether oxygens (including phenoxy) is 2. The zero-order chi connectivity index (χ0) is 15.5. The Labute approximate surface area is 116 Å². The minimum atomic E-state index is -0.637. The van der Waals surface area contributed by atoms with E-state index in [1.54, 1.807) is 0 Å². The third-order valence-electron chi connectivity index (χ3n) is 2.40. The van der Waals surface area contributed by atoms with Gasteiger partial charge in [-0.15, -0.1) is 0 Å². The lowest BCUT2D eigenvalue weighted by Gasteiger charge is -2.18. The van der Waals surface area contributed by atoms with Crippen LogP contribution in [0.3, 0.4) is 0 Å². The molecule has 1 aromatic rings. The van der Waals surface area contributed by atoms with Gasteiger partial charge in [0.25, 0.3) is 5.69 Å². The quantitative estimate of drug-likeness (QED) is 0.393.